The zero-order valence-electron chi connectivity index (χ0n) is 15.1. The molecule has 0 spiro atoms. The van der Waals surface area contributed by atoms with Gasteiger partial charge in [-0.25, -0.2) is 0 Å². The van der Waals surface area contributed by atoms with Crippen molar-refractivity contribution in [2.75, 3.05) is 48.9 Å². The van der Waals surface area contributed by atoms with Crippen molar-refractivity contribution in [2.24, 2.45) is 0 Å². The molecule has 0 saturated carbocycles. The second-order valence-corrected chi connectivity index (χ2v) is 7.69. The first-order valence-electron chi connectivity index (χ1n) is 7.46. The molecule has 0 fully saturated rings. The summed E-state index contributed by atoms with van der Waals surface area (Å²) in [7, 11) is 13.3. The van der Waals surface area contributed by atoms with E-state index in [4.69, 9.17) is 4.74 Å². The fourth-order valence-corrected chi connectivity index (χ4v) is 2.27. The van der Waals surface area contributed by atoms with Crippen LogP contribution in [0.25, 0.3) is 0 Å². The van der Waals surface area contributed by atoms with Gasteiger partial charge >= 0.3 is 0 Å². The molecule has 1 aromatic rings. The third-order valence-electron chi connectivity index (χ3n) is 2.89. The fraction of sp³-hybridized carbons (Fsp3) is 0.647. The van der Waals surface area contributed by atoms with Crippen molar-refractivity contribution in [2.45, 2.75) is 26.4 Å². The molecule has 0 saturated heterocycles. The van der Waals surface area contributed by atoms with E-state index in [1.165, 1.54) is 11.1 Å². The van der Waals surface area contributed by atoms with E-state index in [-0.39, 0.29) is 48.0 Å². The van der Waals surface area contributed by atoms with Crippen molar-refractivity contribution in [1.82, 2.24) is 0 Å². The molecular weight excluding hydrogens is 502 g/mol. The smallest absolute Gasteiger partial charge is 0.128 e. The maximum atomic E-state index is 5.90. The molecule has 0 N–H and O–H groups in total. The minimum atomic E-state index is 0. The van der Waals surface area contributed by atoms with Crippen LogP contribution < -0.4 is 52.7 Å². The van der Waals surface area contributed by atoms with Crippen LogP contribution in [-0.4, -0.2) is 57.9 Å². The van der Waals surface area contributed by atoms with Crippen LogP contribution in [0.3, 0.4) is 0 Å². The van der Waals surface area contributed by atoms with Crippen molar-refractivity contribution in [3.63, 3.8) is 0 Å². The second-order valence-electron chi connectivity index (χ2n) is 7.69. The molecule has 3 nitrogen and oxygen atoms in total. The van der Waals surface area contributed by atoms with Crippen LogP contribution in [0.1, 0.15) is 24.5 Å². The lowest BCUT2D eigenvalue weighted by Gasteiger charge is -2.27. The predicted molar refractivity (Wildman–Crippen MR) is 85.7 cm³/mol. The maximum Gasteiger partial charge on any atom is 0.128 e. The van der Waals surface area contributed by atoms with Crippen LogP contribution in [0.15, 0.2) is 18.2 Å². The van der Waals surface area contributed by atoms with Crippen molar-refractivity contribution < 1.29 is 61.7 Å². The first-order valence-corrected chi connectivity index (χ1v) is 7.46. The monoisotopic (exact) mass is 534 g/mol. The summed E-state index contributed by atoms with van der Waals surface area (Å²) in [6.07, 6.45) is 1.05. The van der Waals surface area contributed by atoms with Crippen molar-refractivity contribution in [1.29, 1.82) is 0 Å². The van der Waals surface area contributed by atoms with E-state index < -0.39 is 0 Å². The van der Waals surface area contributed by atoms with Crippen LogP contribution in [0.2, 0.25) is 0 Å². The molecule has 0 heterocycles. The summed E-state index contributed by atoms with van der Waals surface area (Å²) < 4.78 is 7.76. The molecule has 0 aliphatic heterocycles. The Morgan fingerprint density at radius 2 is 1.41 bits per heavy atom. The fourth-order valence-electron chi connectivity index (χ4n) is 2.27. The zero-order valence-corrected chi connectivity index (χ0v) is 19.4. The number of rotatable bonds is 7. The van der Waals surface area contributed by atoms with E-state index >= 15 is 0 Å². The summed E-state index contributed by atoms with van der Waals surface area (Å²) >= 11 is 0. The van der Waals surface area contributed by atoms with E-state index in [1.54, 1.807) is 0 Å². The van der Waals surface area contributed by atoms with Crippen LogP contribution >= 0.6 is 0 Å². The number of hydrogen-bond acceptors (Lipinski definition) is 1. The van der Waals surface area contributed by atoms with Gasteiger partial charge < -0.3 is 61.7 Å². The third-order valence-corrected chi connectivity index (χ3v) is 2.89. The molecule has 0 radical (unpaired) electrons. The Labute approximate surface area is 171 Å². The summed E-state index contributed by atoms with van der Waals surface area (Å²) in [4.78, 5) is 0. The Balaban J connectivity index is 0. The van der Waals surface area contributed by atoms with Crippen molar-refractivity contribution >= 4 is 0 Å². The summed E-state index contributed by atoms with van der Waals surface area (Å²) in [5.41, 5.74) is 2.70. The molecule has 0 aromatic heterocycles. The minimum absolute atomic E-state index is 0. The molecule has 130 valence electrons. The van der Waals surface area contributed by atoms with Gasteiger partial charge in [-0.2, -0.15) is 0 Å². The first-order chi connectivity index (χ1) is 9.11. The van der Waals surface area contributed by atoms with Crippen molar-refractivity contribution in [3.05, 3.63) is 29.3 Å². The van der Waals surface area contributed by atoms with Gasteiger partial charge in [-0.05, 0) is 24.6 Å². The topological polar surface area (TPSA) is 9.23 Å². The van der Waals surface area contributed by atoms with Crippen LogP contribution in [0.4, 0.5) is 0 Å². The van der Waals surface area contributed by atoms with Crippen LogP contribution in [0.5, 0.6) is 5.75 Å². The van der Waals surface area contributed by atoms with Gasteiger partial charge in [0, 0.05) is 11.1 Å². The maximum absolute atomic E-state index is 5.90. The van der Waals surface area contributed by atoms with Gasteiger partial charge in [0.15, 0.2) is 0 Å². The summed E-state index contributed by atoms with van der Waals surface area (Å²) in [5.74, 6) is 1.05. The van der Waals surface area contributed by atoms with E-state index in [0.717, 1.165) is 40.8 Å². The average Bonchev–Trinajstić information content (AvgIpc) is 2.23. The van der Waals surface area contributed by atoms with Gasteiger partial charge in [0.25, 0.3) is 0 Å². The highest BCUT2D eigenvalue weighted by Gasteiger charge is 2.16. The Morgan fingerprint density at radius 3 is 1.86 bits per heavy atom. The number of hydrogen-bond donors (Lipinski definition) is 0. The zero-order chi connectivity index (χ0) is 15.4. The molecule has 1 rings (SSSR count). The standard InChI is InChI=1S/C17H32N2O.2HI/c1-8-11-20-17-10-9-15(13-18(2,3)4)12-16(17)14-19(5,6)7;;/h9-10,12H,8,11,13-14H2,1-7H3;2*1H/q+2;;/p-2. The Kier molecular flexibility index (Phi) is 11.5. The molecule has 0 amide bonds. The SMILES string of the molecule is CCCOc1ccc(C[N+](C)(C)C)cc1C[N+](C)(C)C.[I-].[I-]. The van der Waals surface area contributed by atoms with Gasteiger partial charge in [0.2, 0.25) is 0 Å². The molecule has 0 bridgehead atoms. The predicted octanol–water partition coefficient (Wildman–Crippen LogP) is -3.10. The van der Waals surface area contributed by atoms with Gasteiger partial charge in [-0.1, -0.05) is 6.92 Å². The van der Waals surface area contributed by atoms with E-state index in [2.05, 4.69) is 67.4 Å². The van der Waals surface area contributed by atoms with E-state index in [0.29, 0.717) is 0 Å². The van der Waals surface area contributed by atoms with Gasteiger partial charge in [0.05, 0.1) is 48.9 Å². The number of quaternary nitrogens is 2. The molecule has 0 atom stereocenters. The van der Waals surface area contributed by atoms with Gasteiger partial charge in [0.1, 0.15) is 18.8 Å². The average molecular weight is 534 g/mol. The molecule has 0 aliphatic carbocycles. The van der Waals surface area contributed by atoms with E-state index in [9.17, 15) is 0 Å². The minimum Gasteiger partial charge on any atom is -1.00 e. The quantitative estimate of drug-likeness (QED) is 0.266. The molecule has 22 heavy (non-hydrogen) atoms. The molecule has 0 unspecified atom stereocenters. The molecule has 1 aromatic carbocycles. The number of halogens is 2. The summed E-state index contributed by atoms with van der Waals surface area (Å²) in [5, 5.41) is 0. The number of benzene rings is 1. The Bertz CT molecular complexity index is 437. The normalized spacial score (nSPS) is 11.4. The second kappa shape index (κ2) is 10.3. The highest BCUT2D eigenvalue weighted by molar-refractivity contribution is 5.36. The van der Waals surface area contributed by atoms with E-state index in [1.807, 2.05) is 0 Å². The largest absolute Gasteiger partial charge is 1.00 e. The first kappa shape index (κ1) is 24.6. The lowest BCUT2D eigenvalue weighted by molar-refractivity contribution is -0.884. The molecule has 5 heteroatoms. The van der Waals surface area contributed by atoms with Crippen LogP contribution in [0, 0.1) is 0 Å². The van der Waals surface area contributed by atoms with Gasteiger partial charge in [-0.15, -0.1) is 0 Å². The number of ether oxygens (including phenoxy) is 1. The highest BCUT2D eigenvalue weighted by Crippen LogP contribution is 2.24. The summed E-state index contributed by atoms with van der Waals surface area (Å²) in [6, 6.07) is 6.66. The lowest BCUT2D eigenvalue weighted by atomic mass is 10.1. The van der Waals surface area contributed by atoms with Crippen molar-refractivity contribution in [3.8, 4) is 5.75 Å². The Morgan fingerprint density at radius 1 is 0.864 bits per heavy atom. The van der Waals surface area contributed by atoms with Gasteiger partial charge in [-0.3, -0.25) is 0 Å². The Hall–Kier alpha value is 0.400. The number of nitrogens with zero attached hydrogens (tertiary/aromatic N) is 2. The third kappa shape index (κ3) is 10.2. The lowest BCUT2D eigenvalue weighted by Crippen LogP contribution is -3.00. The highest BCUT2D eigenvalue weighted by atomic mass is 127. The molecular formula is C17H32I2N2O. The van der Waals surface area contributed by atoms with Crippen LogP contribution in [-0.2, 0) is 13.1 Å². The summed E-state index contributed by atoms with van der Waals surface area (Å²) in [6.45, 7) is 4.96. The molecule has 0 aliphatic rings.